The molecule has 0 radical (unpaired) electrons. The van der Waals surface area contributed by atoms with Gasteiger partial charge in [-0.15, -0.1) is 11.3 Å². The van der Waals surface area contributed by atoms with Gasteiger partial charge in [0.2, 0.25) is 5.13 Å². The van der Waals surface area contributed by atoms with Crippen LogP contribution in [0.1, 0.15) is 19.3 Å². The first-order valence-corrected chi connectivity index (χ1v) is 9.10. The molecule has 25 heavy (non-hydrogen) atoms. The topological polar surface area (TPSA) is 67.5 Å². The van der Waals surface area contributed by atoms with Gasteiger partial charge in [0, 0.05) is 17.0 Å². The number of thiazole rings is 1. The molecule has 4 rings (SSSR count). The maximum Gasteiger partial charge on any atom is 0.345 e. The van der Waals surface area contributed by atoms with Crippen LogP contribution in [0.3, 0.4) is 0 Å². The van der Waals surface area contributed by atoms with Crippen LogP contribution in [-0.4, -0.2) is 11.2 Å². The maximum absolute atomic E-state index is 12.2. The molecule has 6 heteroatoms. The minimum Gasteiger partial charge on any atom is -0.422 e. The molecule has 1 aliphatic rings. The average molecular weight is 351 g/mol. The number of hydrogen-bond acceptors (Lipinski definition) is 6. The lowest BCUT2D eigenvalue weighted by molar-refractivity contribution is 0.563. The van der Waals surface area contributed by atoms with Gasteiger partial charge in [-0.25, -0.2) is 9.78 Å². The standard InChI is InChI=1S/C19H17N3O2S/c23-18-15(10-14-8-4-5-9-17(14)24-18)16-12-25-19(21-16)22-20-11-13-6-2-1-3-7-13/h1-2,4-5,8-13H,3,6-7H2,(H,21,22)/t13-/m1/s1. The molecule has 0 amide bonds. The lowest BCUT2D eigenvalue weighted by atomic mass is 9.96. The number of hydrogen-bond donors (Lipinski definition) is 1. The van der Waals surface area contributed by atoms with Gasteiger partial charge in [-0.2, -0.15) is 5.10 Å². The van der Waals surface area contributed by atoms with Crippen LogP contribution in [0.5, 0.6) is 0 Å². The first-order valence-electron chi connectivity index (χ1n) is 8.22. The highest BCUT2D eigenvalue weighted by Gasteiger charge is 2.11. The Hall–Kier alpha value is -2.73. The predicted octanol–water partition coefficient (Wildman–Crippen LogP) is 4.67. The van der Waals surface area contributed by atoms with Crippen LogP contribution in [0.15, 0.2) is 62.2 Å². The third-order valence-corrected chi connectivity index (χ3v) is 4.92. The molecule has 5 nitrogen and oxygen atoms in total. The molecule has 3 aromatic rings. The molecule has 0 saturated heterocycles. The highest BCUT2D eigenvalue weighted by molar-refractivity contribution is 7.14. The SMILES string of the molecule is O=c1oc2ccccc2cc1-c1csc(NN=C[C@@H]2CC=CCC2)n1. The molecule has 2 heterocycles. The fourth-order valence-electron chi connectivity index (χ4n) is 2.84. The second-order valence-electron chi connectivity index (χ2n) is 5.96. The second-order valence-corrected chi connectivity index (χ2v) is 6.82. The summed E-state index contributed by atoms with van der Waals surface area (Å²) in [6.07, 6.45) is 9.61. The van der Waals surface area contributed by atoms with Crippen molar-refractivity contribution in [1.29, 1.82) is 0 Å². The molecule has 1 N–H and O–H groups in total. The summed E-state index contributed by atoms with van der Waals surface area (Å²) in [5, 5.41) is 7.65. The summed E-state index contributed by atoms with van der Waals surface area (Å²) in [5.41, 5.74) is 4.22. The lowest BCUT2D eigenvalue weighted by Gasteiger charge is -2.11. The van der Waals surface area contributed by atoms with Gasteiger partial charge >= 0.3 is 5.63 Å². The molecule has 2 aromatic heterocycles. The average Bonchev–Trinajstić information content (AvgIpc) is 3.11. The van der Waals surface area contributed by atoms with Crippen molar-refractivity contribution in [3.63, 3.8) is 0 Å². The normalized spacial score (nSPS) is 17.4. The summed E-state index contributed by atoms with van der Waals surface area (Å²) < 4.78 is 5.37. The molecule has 126 valence electrons. The zero-order valence-electron chi connectivity index (χ0n) is 13.5. The van der Waals surface area contributed by atoms with Gasteiger partial charge in [-0.05, 0) is 37.3 Å². The number of fused-ring (bicyclic) bond motifs is 1. The van der Waals surface area contributed by atoms with Crippen LogP contribution >= 0.6 is 11.3 Å². The van der Waals surface area contributed by atoms with Crippen molar-refractivity contribution in [2.24, 2.45) is 11.0 Å². The first-order chi connectivity index (χ1) is 12.3. The van der Waals surface area contributed by atoms with Crippen molar-refractivity contribution in [3.8, 4) is 11.3 Å². The Labute approximate surface area is 148 Å². The van der Waals surface area contributed by atoms with Gasteiger partial charge in [0.15, 0.2) is 0 Å². The van der Waals surface area contributed by atoms with E-state index in [1.54, 1.807) is 6.07 Å². The molecular formula is C19H17N3O2S. The molecule has 0 fully saturated rings. The van der Waals surface area contributed by atoms with Crippen LogP contribution in [0.4, 0.5) is 5.13 Å². The highest BCUT2D eigenvalue weighted by atomic mass is 32.1. The van der Waals surface area contributed by atoms with E-state index in [1.807, 2.05) is 35.9 Å². The second kappa shape index (κ2) is 7.03. The van der Waals surface area contributed by atoms with Crippen LogP contribution in [0, 0.1) is 5.92 Å². The maximum atomic E-state index is 12.2. The number of anilines is 1. The van der Waals surface area contributed by atoms with Crippen LogP contribution in [0.25, 0.3) is 22.2 Å². The van der Waals surface area contributed by atoms with E-state index in [0.29, 0.717) is 27.9 Å². The smallest absolute Gasteiger partial charge is 0.345 e. The van der Waals surface area contributed by atoms with Crippen LogP contribution in [-0.2, 0) is 0 Å². The van der Waals surface area contributed by atoms with E-state index in [2.05, 4.69) is 27.7 Å². The summed E-state index contributed by atoms with van der Waals surface area (Å²) in [6.45, 7) is 0. The number of hydrazone groups is 1. The van der Waals surface area contributed by atoms with Gasteiger partial charge in [-0.1, -0.05) is 30.4 Å². The van der Waals surface area contributed by atoms with Crippen LogP contribution in [0.2, 0.25) is 0 Å². The van der Waals surface area contributed by atoms with E-state index in [0.717, 1.165) is 24.6 Å². The summed E-state index contributed by atoms with van der Waals surface area (Å²) in [5.74, 6) is 0.476. The Morgan fingerprint density at radius 3 is 3.12 bits per heavy atom. The molecule has 0 aliphatic heterocycles. The van der Waals surface area contributed by atoms with E-state index >= 15 is 0 Å². The van der Waals surface area contributed by atoms with E-state index in [4.69, 9.17) is 4.42 Å². The fourth-order valence-corrected chi connectivity index (χ4v) is 3.50. The number of benzene rings is 1. The molecule has 0 bridgehead atoms. The predicted molar refractivity (Wildman–Crippen MR) is 102 cm³/mol. The van der Waals surface area contributed by atoms with Crippen molar-refractivity contribution < 1.29 is 4.42 Å². The van der Waals surface area contributed by atoms with Gasteiger partial charge < -0.3 is 4.42 Å². The van der Waals surface area contributed by atoms with Crippen molar-refractivity contribution in [3.05, 3.63) is 58.3 Å². The molecule has 1 aliphatic carbocycles. The molecule has 0 unspecified atom stereocenters. The molecule has 0 saturated carbocycles. The Balaban J connectivity index is 1.53. The van der Waals surface area contributed by atoms with E-state index < -0.39 is 0 Å². The summed E-state index contributed by atoms with van der Waals surface area (Å²) >= 11 is 1.41. The largest absolute Gasteiger partial charge is 0.422 e. The van der Waals surface area contributed by atoms with Gasteiger partial charge in [0.25, 0.3) is 0 Å². The van der Waals surface area contributed by atoms with E-state index in [-0.39, 0.29) is 5.63 Å². The monoisotopic (exact) mass is 351 g/mol. The Kier molecular flexibility index (Phi) is 4.43. The minimum atomic E-state index is -0.381. The summed E-state index contributed by atoms with van der Waals surface area (Å²) in [6, 6.07) is 9.27. The number of para-hydroxylation sites is 1. The number of aromatic nitrogens is 1. The summed E-state index contributed by atoms with van der Waals surface area (Å²) in [7, 11) is 0. The number of nitrogens with one attached hydrogen (secondary N) is 1. The third-order valence-electron chi connectivity index (χ3n) is 4.18. The highest BCUT2D eigenvalue weighted by Crippen LogP contribution is 2.25. The number of allylic oxidation sites excluding steroid dienone is 2. The van der Waals surface area contributed by atoms with Gasteiger partial charge in [0.1, 0.15) is 5.58 Å². The van der Waals surface area contributed by atoms with Crippen molar-refractivity contribution in [2.45, 2.75) is 19.3 Å². The zero-order valence-corrected chi connectivity index (χ0v) is 14.3. The van der Waals surface area contributed by atoms with Crippen molar-refractivity contribution >= 4 is 33.7 Å². The lowest BCUT2D eigenvalue weighted by Crippen LogP contribution is -2.05. The minimum absolute atomic E-state index is 0.381. The number of nitrogens with zero attached hydrogens (tertiary/aromatic N) is 2. The first kappa shape index (κ1) is 15.8. The molecule has 1 aromatic carbocycles. The Morgan fingerprint density at radius 1 is 1.32 bits per heavy atom. The summed E-state index contributed by atoms with van der Waals surface area (Å²) in [4.78, 5) is 16.7. The fraction of sp³-hybridized carbons (Fsp3) is 0.211. The third kappa shape index (κ3) is 3.53. The van der Waals surface area contributed by atoms with Crippen LogP contribution < -0.4 is 11.1 Å². The van der Waals surface area contributed by atoms with E-state index in [9.17, 15) is 4.79 Å². The van der Waals surface area contributed by atoms with Gasteiger partial charge in [0.05, 0.1) is 11.3 Å². The quantitative estimate of drug-likeness (QED) is 0.321. The van der Waals surface area contributed by atoms with Crippen molar-refractivity contribution in [1.82, 2.24) is 4.98 Å². The zero-order chi connectivity index (χ0) is 17.1. The Bertz CT molecular complexity index is 1000. The molecule has 0 spiro atoms. The van der Waals surface area contributed by atoms with Crippen molar-refractivity contribution in [2.75, 3.05) is 5.43 Å². The van der Waals surface area contributed by atoms with Gasteiger partial charge in [-0.3, -0.25) is 5.43 Å². The molecular weight excluding hydrogens is 334 g/mol. The Morgan fingerprint density at radius 2 is 2.24 bits per heavy atom. The molecule has 1 atom stereocenters. The number of rotatable bonds is 4. The van der Waals surface area contributed by atoms with E-state index in [1.165, 1.54) is 11.3 Å².